The number of carbonyl (C=O) groups is 1. The van der Waals surface area contributed by atoms with Crippen molar-refractivity contribution in [2.45, 2.75) is 37.9 Å². The highest BCUT2D eigenvalue weighted by Gasteiger charge is 2.22. The molecule has 0 saturated carbocycles. The summed E-state index contributed by atoms with van der Waals surface area (Å²) in [6, 6.07) is 8.38. The summed E-state index contributed by atoms with van der Waals surface area (Å²) < 4.78 is 2.02. The number of fused-ring (bicyclic) bond motifs is 1. The van der Waals surface area contributed by atoms with Gasteiger partial charge in [0.1, 0.15) is 11.4 Å². The molecule has 1 aromatic heterocycles. The lowest BCUT2D eigenvalue weighted by molar-refractivity contribution is 0.111. The molecule has 0 spiro atoms. The number of aromatic nitrogens is 2. The third-order valence-electron chi connectivity index (χ3n) is 3.65. The zero-order valence-electron chi connectivity index (χ0n) is 12.0. The highest BCUT2D eigenvalue weighted by molar-refractivity contribution is 7.99. The molecule has 1 aliphatic rings. The second-order valence-corrected chi connectivity index (χ2v) is 7.14. The van der Waals surface area contributed by atoms with Crippen LogP contribution in [-0.4, -0.2) is 21.6 Å². The Kier molecular flexibility index (Phi) is 3.21. The molecule has 3 nitrogen and oxygen atoms in total. The largest absolute Gasteiger partial charge is 0.315 e. The van der Waals surface area contributed by atoms with E-state index in [1.807, 2.05) is 4.57 Å². The van der Waals surface area contributed by atoms with E-state index in [1.165, 1.54) is 5.56 Å². The molecule has 2 aromatic rings. The molecule has 20 heavy (non-hydrogen) atoms. The second kappa shape index (κ2) is 4.77. The lowest BCUT2D eigenvalue weighted by atomic mass is 9.86. The van der Waals surface area contributed by atoms with Crippen LogP contribution in [0.15, 0.2) is 29.4 Å². The van der Waals surface area contributed by atoms with Gasteiger partial charge in [-0.25, -0.2) is 4.98 Å². The van der Waals surface area contributed by atoms with Gasteiger partial charge in [0.2, 0.25) is 0 Å². The number of imidazole rings is 1. The van der Waals surface area contributed by atoms with Gasteiger partial charge in [-0.1, -0.05) is 56.8 Å². The minimum atomic E-state index is 0.137. The Morgan fingerprint density at radius 3 is 2.55 bits per heavy atom. The minimum absolute atomic E-state index is 0.137. The first-order valence-electron chi connectivity index (χ1n) is 6.80. The second-order valence-electron chi connectivity index (χ2n) is 6.07. The minimum Gasteiger partial charge on any atom is -0.315 e. The first-order valence-corrected chi connectivity index (χ1v) is 7.78. The molecule has 0 bridgehead atoms. The lowest BCUT2D eigenvalue weighted by Crippen LogP contribution is -2.10. The van der Waals surface area contributed by atoms with E-state index in [9.17, 15) is 4.79 Å². The summed E-state index contributed by atoms with van der Waals surface area (Å²) in [5.41, 5.74) is 3.95. The lowest BCUT2D eigenvalue weighted by Gasteiger charge is -2.19. The van der Waals surface area contributed by atoms with Gasteiger partial charge < -0.3 is 4.57 Å². The van der Waals surface area contributed by atoms with Crippen molar-refractivity contribution < 1.29 is 4.79 Å². The Bertz CT molecular complexity index is 650. The first kappa shape index (κ1) is 13.4. The summed E-state index contributed by atoms with van der Waals surface area (Å²) in [6.45, 7) is 7.46. The van der Waals surface area contributed by atoms with E-state index in [0.29, 0.717) is 5.69 Å². The molecule has 0 unspecified atom stereocenters. The van der Waals surface area contributed by atoms with Crippen molar-refractivity contribution in [1.29, 1.82) is 0 Å². The normalized spacial score (nSPS) is 14.3. The van der Waals surface area contributed by atoms with Crippen molar-refractivity contribution in [3.8, 4) is 11.3 Å². The molecule has 1 aromatic carbocycles. The molecular weight excluding hydrogens is 268 g/mol. The Hall–Kier alpha value is -1.55. The fourth-order valence-corrected chi connectivity index (χ4v) is 3.42. The Balaban J connectivity index is 2.04. The van der Waals surface area contributed by atoms with Crippen LogP contribution in [0, 0.1) is 0 Å². The molecular formula is C16H18N2OS. The summed E-state index contributed by atoms with van der Waals surface area (Å²) in [7, 11) is 0. The standard InChI is InChI=1S/C16H18N2OS/c1-16(2,3)12-6-4-11(5-7-12)14-13(10-19)18-8-9-20-15(18)17-14/h4-7,10H,8-9H2,1-3H3. The zero-order valence-corrected chi connectivity index (χ0v) is 12.8. The van der Waals surface area contributed by atoms with Crippen LogP contribution in [0.25, 0.3) is 11.3 Å². The molecule has 3 rings (SSSR count). The quantitative estimate of drug-likeness (QED) is 0.788. The molecule has 4 heteroatoms. The van der Waals surface area contributed by atoms with Gasteiger partial charge in [-0.2, -0.15) is 0 Å². The first-order chi connectivity index (χ1) is 9.50. The average Bonchev–Trinajstić information content (AvgIpc) is 2.97. The number of hydrogen-bond acceptors (Lipinski definition) is 3. The van der Waals surface area contributed by atoms with Crippen molar-refractivity contribution in [2.75, 3.05) is 5.75 Å². The van der Waals surface area contributed by atoms with Gasteiger partial charge in [-0.15, -0.1) is 0 Å². The Labute approximate surface area is 123 Å². The Morgan fingerprint density at radius 1 is 1.25 bits per heavy atom. The predicted molar refractivity (Wildman–Crippen MR) is 82.5 cm³/mol. The van der Waals surface area contributed by atoms with Crippen molar-refractivity contribution in [3.63, 3.8) is 0 Å². The molecule has 0 atom stereocenters. The van der Waals surface area contributed by atoms with Crippen molar-refractivity contribution in [1.82, 2.24) is 9.55 Å². The van der Waals surface area contributed by atoms with Crippen LogP contribution in [0.4, 0.5) is 0 Å². The Morgan fingerprint density at radius 2 is 1.95 bits per heavy atom. The molecule has 1 aliphatic heterocycles. The van der Waals surface area contributed by atoms with E-state index >= 15 is 0 Å². The molecule has 0 fully saturated rings. The zero-order chi connectivity index (χ0) is 14.3. The van der Waals surface area contributed by atoms with E-state index in [2.05, 4.69) is 50.0 Å². The van der Waals surface area contributed by atoms with Crippen molar-refractivity contribution in [2.24, 2.45) is 0 Å². The van der Waals surface area contributed by atoms with Crippen LogP contribution in [-0.2, 0) is 12.0 Å². The SMILES string of the molecule is CC(C)(C)c1ccc(-c2nc3n(c2C=O)CCS3)cc1. The molecule has 2 heterocycles. The molecule has 0 saturated heterocycles. The maximum atomic E-state index is 11.4. The highest BCUT2D eigenvalue weighted by Crippen LogP contribution is 2.33. The number of hydrogen-bond donors (Lipinski definition) is 0. The van der Waals surface area contributed by atoms with Crippen LogP contribution in [0.1, 0.15) is 36.8 Å². The van der Waals surface area contributed by atoms with Crippen LogP contribution < -0.4 is 0 Å². The average molecular weight is 286 g/mol. The molecule has 0 radical (unpaired) electrons. The number of carbonyl (C=O) groups excluding carboxylic acids is 1. The molecule has 104 valence electrons. The predicted octanol–water partition coefficient (Wildman–Crippen LogP) is 3.77. The summed E-state index contributed by atoms with van der Waals surface area (Å²) in [4.78, 5) is 16.0. The van der Waals surface area contributed by atoms with Gasteiger partial charge in [0.05, 0.1) is 0 Å². The summed E-state index contributed by atoms with van der Waals surface area (Å²) >= 11 is 1.71. The summed E-state index contributed by atoms with van der Waals surface area (Å²) in [5.74, 6) is 1.01. The number of benzene rings is 1. The van der Waals surface area contributed by atoms with Crippen molar-refractivity contribution in [3.05, 3.63) is 35.5 Å². The van der Waals surface area contributed by atoms with E-state index in [4.69, 9.17) is 0 Å². The summed E-state index contributed by atoms with van der Waals surface area (Å²) in [5, 5.41) is 0.960. The third-order valence-corrected chi connectivity index (χ3v) is 4.61. The van der Waals surface area contributed by atoms with E-state index in [-0.39, 0.29) is 5.41 Å². The van der Waals surface area contributed by atoms with Crippen LogP contribution in [0.3, 0.4) is 0 Å². The highest BCUT2D eigenvalue weighted by atomic mass is 32.2. The molecule has 0 aliphatic carbocycles. The number of nitrogens with zero attached hydrogens (tertiary/aromatic N) is 2. The maximum Gasteiger partial charge on any atom is 0.169 e. The van der Waals surface area contributed by atoms with Gasteiger partial charge in [-0.05, 0) is 11.0 Å². The van der Waals surface area contributed by atoms with Gasteiger partial charge >= 0.3 is 0 Å². The van der Waals surface area contributed by atoms with Gasteiger partial charge in [0, 0.05) is 17.9 Å². The molecule has 0 amide bonds. The van der Waals surface area contributed by atoms with E-state index in [1.54, 1.807) is 11.8 Å². The van der Waals surface area contributed by atoms with Crippen LogP contribution in [0.5, 0.6) is 0 Å². The van der Waals surface area contributed by atoms with E-state index < -0.39 is 0 Å². The van der Waals surface area contributed by atoms with Gasteiger partial charge in [-0.3, -0.25) is 4.79 Å². The van der Waals surface area contributed by atoms with Crippen molar-refractivity contribution >= 4 is 18.0 Å². The topological polar surface area (TPSA) is 34.9 Å². The third kappa shape index (κ3) is 2.18. The van der Waals surface area contributed by atoms with E-state index in [0.717, 1.165) is 35.0 Å². The summed E-state index contributed by atoms with van der Waals surface area (Å²) in [6.07, 6.45) is 0.926. The fourth-order valence-electron chi connectivity index (χ4n) is 2.46. The number of rotatable bonds is 2. The van der Waals surface area contributed by atoms with Crippen LogP contribution in [0.2, 0.25) is 0 Å². The maximum absolute atomic E-state index is 11.4. The van der Waals surface area contributed by atoms with Gasteiger partial charge in [0.15, 0.2) is 11.4 Å². The number of thioether (sulfide) groups is 1. The van der Waals surface area contributed by atoms with Gasteiger partial charge in [0.25, 0.3) is 0 Å². The van der Waals surface area contributed by atoms with Crippen LogP contribution >= 0.6 is 11.8 Å². The number of aldehydes is 1. The smallest absolute Gasteiger partial charge is 0.169 e. The fraction of sp³-hybridized carbons (Fsp3) is 0.375. The molecule has 0 N–H and O–H groups in total. The monoisotopic (exact) mass is 286 g/mol.